The molecule has 1 atom stereocenters. The highest BCUT2D eigenvalue weighted by Gasteiger charge is 2.25. The molecule has 1 fully saturated rings. The first kappa shape index (κ1) is 15.8. The Kier molecular flexibility index (Phi) is 4.05. The van der Waals surface area contributed by atoms with Crippen molar-refractivity contribution in [3.05, 3.63) is 47.7 Å². The Morgan fingerprint density at radius 3 is 3.12 bits per heavy atom. The summed E-state index contributed by atoms with van der Waals surface area (Å²) in [5.41, 5.74) is 4.70. The number of imidazole rings is 1. The molecule has 1 aromatic carbocycles. The molecule has 2 aliphatic rings. The SMILES string of the molecule is c1ccc2[nH]c(CC3CCCN(c4ncnc5c4CCNC5)C3)nc2c1. The van der Waals surface area contributed by atoms with Gasteiger partial charge in [-0.3, -0.25) is 0 Å². The van der Waals surface area contributed by atoms with Gasteiger partial charge < -0.3 is 15.2 Å². The molecule has 2 aromatic heterocycles. The summed E-state index contributed by atoms with van der Waals surface area (Å²) >= 11 is 0. The number of nitrogens with one attached hydrogen (secondary N) is 2. The zero-order chi connectivity index (χ0) is 17.3. The molecule has 2 aliphatic heterocycles. The van der Waals surface area contributed by atoms with Crippen LogP contribution in [-0.4, -0.2) is 39.6 Å². The Hall–Kier alpha value is -2.47. The minimum absolute atomic E-state index is 0.608. The Balaban J connectivity index is 1.35. The standard InChI is InChI=1S/C20H24N6/c1-2-6-17-16(5-1)24-19(25-17)10-14-4-3-9-26(12-14)20-15-7-8-21-11-18(15)22-13-23-20/h1-2,5-6,13-14,21H,3-4,7-12H2,(H,24,25). The second-order valence-corrected chi connectivity index (χ2v) is 7.41. The molecule has 26 heavy (non-hydrogen) atoms. The average molecular weight is 348 g/mol. The fourth-order valence-electron chi connectivity index (χ4n) is 4.34. The van der Waals surface area contributed by atoms with Crippen LogP contribution in [0.1, 0.15) is 29.9 Å². The van der Waals surface area contributed by atoms with Crippen molar-refractivity contribution in [1.82, 2.24) is 25.3 Å². The molecule has 6 heteroatoms. The van der Waals surface area contributed by atoms with Gasteiger partial charge in [0, 0.05) is 31.6 Å². The molecule has 0 radical (unpaired) electrons. The number of nitrogens with zero attached hydrogens (tertiary/aromatic N) is 4. The van der Waals surface area contributed by atoms with Crippen LogP contribution >= 0.6 is 0 Å². The Labute approximate surface area is 153 Å². The number of aromatic nitrogens is 4. The molecular weight excluding hydrogens is 324 g/mol. The minimum atomic E-state index is 0.608. The van der Waals surface area contributed by atoms with Crippen LogP contribution in [0.2, 0.25) is 0 Å². The summed E-state index contributed by atoms with van der Waals surface area (Å²) in [5.74, 6) is 2.87. The van der Waals surface area contributed by atoms with E-state index < -0.39 is 0 Å². The van der Waals surface area contributed by atoms with Crippen molar-refractivity contribution in [1.29, 1.82) is 0 Å². The van der Waals surface area contributed by atoms with Crippen molar-refractivity contribution in [2.24, 2.45) is 5.92 Å². The number of H-pyrrole nitrogens is 1. The molecule has 0 aliphatic carbocycles. The lowest BCUT2D eigenvalue weighted by atomic mass is 9.94. The molecule has 5 rings (SSSR count). The van der Waals surface area contributed by atoms with Crippen LogP contribution in [0.15, 0.2) is 30.6 Å². The fraction of sp³-hybridized carbons (Fsp3) is 0.450. The van der Waals surface area contributed by atoms with E-state index in [2.05, 4.69) is 43.4 Å². The Bertz CT molecular complexity index is 885. The van der Waals surface area contributed by atoms with Gasteiger partial charge in [0.1, 0.15) is 18.0 Å². The molecule has 0 spiro atoms. The number of hydrogen-bond donors (Lipinski definition) is 2. The molecule has 0 amide bonds. The number of piperidine rings is 1. The van der Waals surface area contributed by atoms with Gasteiger partial charge in [0.25, 0.3) is 0 Å². The van der Waals surface area contributed by atoms with Crippen molar-refractivity contribution in [3.63, 3.8) is 0 Å². The number of anilines is 1. The van der Waals surface area contributed by atoms with E-state index in [-0.39, 0.29) is 0 Å². The third-order valence-electron chi connectivity index (χ3n) is 5.60. The molecule has 134 valence electrons. The first-order valence-electron chi connectivity index (χ1n) is 9.59. The second kappa shape index (κ2) is 6.68. The minimum Gasteiger partial charge on any atom is -0.356 e. The first-order valence-corrected chi connectivity index (χ1v) is 9.59. The fourth-order valence-corrected chi connectivity index (χ4v) is 4.34. The topological polar surface area (TPSA) is 69.7 Å². The largest absolute Gasteiger partial charge is 0.356 e. The Morgan fingerprint density at radius 2 is 2.15 bits per heavy atom. The maximum atomic E-state index is 4.77. The van der Waals surface area contributed by atoms with Gasteiger partial charge in [-0.15, -0.1) is 0 Å². The lowest BCUT2D eigenvalue weighted by Gasteiger charge is -2.35. The summed E-state index contributed by atoms with van der Waals surface area (Å²) < 4.78 is 0. The van der Waals surface area contributed by atoms with E-state index in [1.54, 1.807) is 6.33 Å². The molecule has 4 heterocycles. The lowest BCUT2D eigenvalue weighted by molar-refractivity contribution is 0.404. The van der Waals surface area contributed by atoms with E-state index in [1.165, 1.54) is 24.1 Å². The molecule has 1 saturated heterocycles. The molecule has 3 aromatic rings. The summed E-state index contributed by atoms with van der Waals surface area (Å²) in [6.45, 7) is 4.02. The van der Waals surface area contributed by atoms with E-state index in [9.17, 15) is 0 Å². The zero-order valence-corrected chi connectivity index (χ0v) is 14.9. The monoisotopic (exact) mass is 348 g/mol. The van der Waals surface area contributed by atoms with Gasteiger partial charge in [-0.2, -0.15) is 0 Å². The van der Waals surface area contributed by atoms with Crippen molar-refractivity contribution < 1.29 is 0 Å². The molecule has 1 unspecified atom stereocenters. The predicted octanol–water partition coefficient (Wildman–Crippen LogP) is 2.46. The lowest BCUT2D eigenvalue weighted by Crippen LogP contribution is -2.38. The number of para-hydroxylation sites is 2. The van der Waals surface area contributed by atoms with Crippen molar-refractivity contribution >= 4 is 16.9 Å². The number of hydrogen-bond acceptors (Lipinski definition) is 5. The molecular formula is C20H24N6. The highest BCUT2D eigenvalue weighted by molar-refractivity contribution is 5.74. The van der Waals surface area contributed by atoms with Crippen LogP contribution in [0.3, 0.4) is 0 Å². The van der Waals surface area contributed by atoms with Crippen LogP contribution in [0.4, 0.5) is 5.82 Å². The van der Waals surface area contributed by atoms with Gasteiger partial charge in [0.2, 0.25) is 0 Å². The quantitative estimate of drug-likeness (QED) is 0.761. The molecule has 6 nitrogen and oxygen atoms in total. The van der Waals surface area contributed by atoms with Crippen LogP contribution < -0.4 is 10.2 Å². The highest BCUT2D eigenvalue weighted by atomic mass is 15.2. The van der Waals surface area contributed by atoms with Crippen molar-refractivity contribution in [2.75, 3.05) is 24.5 Å². The summed E-state index contributed by atoms with van der Waals surface area (Å²) in [5, 5.41) is 3.40. The maximum absolute atomic E-state index is 4.77. The van der Waals surface area contributed by atoms with Gasteiger partial charge >= 0.3 is 0 Å². The molecule has 2 N–H and O–H groups in total. The van der Waals surface area contributed by atoms with Gasteiger partial charge in [-0.1, -0.05) is 12.1 Å². The maximum Gasteiger partial charge on any atom is 0.135 e. The third-order valence-corrected chi connectivity index (χ3v) is 5.60. The predicted molar refractivity (Wildman–Crippen MR) is 102 cm³/mol. The Morgan fingerprint density at radius 1 is 1.19 bits per heavy atom. The van der Waals surface area contributed by atoms with Crippen LogP contribution in [-0.2, 0) is 19.4 Å². The number of rotatable bonds is 3. The number of aromatic amines is 1. The smallest absolute Gasteiger partial charge is 0.135 e. The van der Waals surface area contributed by atoms with Gasteiger partial charge in [-0.25, -0.2) is 15.0 Å². The first-order chi connectivity index (χ1) is 12.9. The van der Waals surface area contributed by atoms with E-state index in [0.717, 1.165) is 61.7 Å². The number of benzene rings is 1. The summed E-state index contributed by atoms with van der Waals surface area (Å²) in [7, 11) is 0. The normalized spacial score (nSPS) is 20.3. The zero-order valence-electron chi connectivity index (χ0n) is 14.9. The summed E-state index contributed by atoms with van der Waals surface area (Å²) in [6.07, 6.45) is 6.21. The van der Waals surface area contributed by atoms with E-state index in [4.69, 9.17) is 4.98 Å². The third kappa shape index (κ3) is 2.94. The van der Waals surface area contributed by atoms with E-state index in [1.807, 2.05) is 6.07 Å². The van der Waals surface area contributed by atoms with Crippen molar-refractivity contribution in [3.8, 4) is 0 Å². The van der Waals surface area contributed by atoms with Crippen LogP contribution in [0, 0.1) is 5.92 Å². The highest BCUT2D eigenvalue weighted by Crippen LogP contribution is 2.28. The summed E-state index contributed by atoms with van der Waals surface area (Å²) in [6, 6.07) is 8.27. The van der Waals surface area contributed by atoms with Gasteiger partial charge in [0.05, 0.1) is 16.7 Å². The van der Waals surface area contributed by atoms with E-state index >= 15 is 0 Å². The van der Waals surface area contributed by atoms with Gasteiger partial charge in [-0.05, 0) is 43.9 Å². The molecule has 0 bridgehead atoms. The summed E-state index contributed by atoms with van der Waals surface area (Å²) in [4.78, 5) is 19.9. The second-order valence-electron chi connectivity index (χ2n) is 7.41. The molecule has 0 saturated carbocycles. The number of fused-ring (bicyclic) bond motifs is 2. The average Bonchev–Trinajstić information content (AvgIpc) is 3.10. The van der Waals surface area contributed by atoms with Crippen LogP contribution in [0.5, 0.6) is 0 Å². The van der Waals surface area contributed by atoms with Crippen molar-refractivity contribution in [2.45, 2.75) is 32.2 Å². The van der Waals surface area contributed by atoms with E-state index in [0.29, 0.717) is 5.92 Å². The van der Waals surface area contributed by atoms with Gasteiger partial charge in [0.15, 0.2) is 0 Å². The van der Waals surface area contributed by atoms with Crippen LogP contribution in [0.25, 0.3) is 11.0 Å².